The number of hydrogen-bond acceptors (Lipinski definition) is 4. The molecule has 0 aromatic carbocycles. The predicted molar refractivity (Wildman–Crippen MR) is 87.1 cm³/mol. The molecule has 4 heteroatoms. The molecule has 4 aliphatic carbocycles. The van der Waals surface area contributed by atoms with Crippen LogP contribution in [0.5, 0.6) is 0 Å². The third-order valence-corrected chi connectivity index (χ3v) is 9.23. The molecular formula is C20H26O4. The number of epoxide rings is 1. The van der Waals surface area contributed by atoms with Crippen LogP contribution in [0.25, 0.3) is 0 Å². The smallest absolute Gasteiger partial charge is 0.190 e. The fraction of sp³-hybridized carbons (Fsp3) is 0.800. The van der Waals surface area contributed by atoms with E-state index in [-0.39, 0.29) is 28.8 Å². The molecule has 2 spiro atoms. The molecule has 0 bridgehead atoms. The van der Waals surface area contributed by atoms with E-state index in [1.54, 1.807) is 0 Å². The number of rotatable bonds is 1. The molecule has 0 aromatic rings. The highest BCUT2D eigenvalue weighted by atomic mass is 16.6. The Labute approximate surface area is 142 Å². The van der Waals surface area contributed by atoms with Gasteiger partial charge in [-0.05, 0) is 42.1 Å². The average molecular weight is 330 g/mol. The van der Waals surface area contributed by atoms with Crippen molar-refractivity contribution in [3.63, 3.8) is 0 Å². The van der Waals surface area contributed by atoms with Crippen molar-refractivity contribution in [2.24, 2.45) is 34.0 Å². The van der Waals surface area contributed by atoms with Crippen molar-refractivity contribution >= 4 is 11.6 Å². The normalized spacial score (nSPS) is 60.5. The first-order chi connectivity index (χ1) is 11.1. The van der Waals surface area contributed by atoms with Gasteiger partial charge in [-0.3, -0.25) is 9.59 Å². The minimum absolute atomic E-state index is 0.0114. The van der Waals surface area contributed by atoms with Crippen molar-refractivity contribution in [2.45, 2.75) is 64.8 Å². The summed E-state index contributed by atoms with van der Waals surface area (Å²) >= 11 is 0. The highest BCUT2D eigenvalue weighted by molar-refractivity contribution is 6.07. The maximum Gasteiger partial charge on any atom is 0.190 e. The van der Waals surface area contributed by atoms with Crippen molar-refractivity contribution in [3.05, 3.63) is 12.2 Å². The zero-order chi connectivity index (χ0) is 17.4. The van der Waals surface area contributed by atoms with Crippen molar-refractivity contribution in [3.8, 4) is 0 Å². The van der Waals surface area contributed by atoms with Crippen molar-refractivity contribution < 1.29 is 19.4 Å². The first-order valence-electron chi connectivity index (χ1n) is 9.24. The van der Waals surface area contributed by atoms with E-state index < -0.39 is 28.6 Å². The van der Waals surface area contributed by atoms with Crippen LogP contribution in [-0.4, -0.2) is 34.5 Å². The number of ether oxygens (including phenoxy) is 1. The third-order valence-electron chi connectivity index (χ3n) is 9.23. The van der Waals surface area contributed by atoms with Gasteiger partial charge in [0.1, 0.15) is 11.7 Å². The standard InChI is InChI=1S/C20H26O4/c1-9(2)11-6-7-19-8-12-10(3)13(21)16-20(12,24-16)18(19,5)15(23)14(22)17(11,19)4/h9,11-12,15-16,23H,3,6-8H2,1-2,4-5H3. The monoisotopic (exact) mass is 330 g/mol. The van der Waals surface area contributed by atoms with Crippen LogP contribution in [0.4, 0.5) is 0 Å². The van der Waals surface area contributed by atoms with Gasteiger partial charge in [-0.25, -0.2) is 0 Å². The Bertz CT molecular complexity index is 725. The van der Waals surface area contributed by atoms with E-state index in [9.17, 15) is 14.7 Å². The Balaban J connectivity index is 1.76. The number of hydrogen-bond donors (Lipinski definition) is 1. The van der Waals surface area contributed by atoms with Crippen LogP contribution in [0.3, 0.4) is 0 Å². The minimum atomic E-state index is -1.04. The van der Waals surface area contributed by atoms with Gasteiger partial charge in [0.25, 0.3) is 0 Å². The second-order valence-electron chi connectivity index (χ2n) is 9.58. The number of aliphatic hydroxyl groups excluding tert-OH is 1. The molecule has 0 radical (unpaired) electrons. The highest BCUT2D eigenvalue weighted by Crippen LogP contribution is 2.86. The van der Waals surface area contributed by atoms with E-state index in [2.05, 4.69) is 27.4 Å². The van der Waals surface area contributed by atoms with Gasteiger partial charge in [-0.1, -0.05) is 34.3 Å². The zero-order valence-electron chi connectivity index (χ0n) is 14.9. The second-order valence-corrected chi connectivity index (χ2v) is 9.58. The number of carbonyl (C=O) groups is 2. The van der Waals surface area contributed by atoms with Crippen LogP contribution < -0.4 is 0 Å². The quantitative estimate of drug-likeness (QED) is 0.592. The molecule has 5 rings (SSSR count). The van der Waals surface area contributed by atoms with Crippen LogP contribution in [0, 0.1) is 34.0 Å². The fourth-order valence-electron chi connectivity index (χ4n) is 8.10. The predicted octanol–water partition coefficient (Wildman–Crippen LogP) is 2.29. The van der Waals surface area contributed by atoms with Crippen molar-refractivity contribution in [1.29, 1.82) is 0 Å². The molecule has 1 N–H and O–H groups in total. The van der Waals surface area contributed by atoms with Crippen molar-refractivity contribution in [2.75, 3.05) is 0 Å². The Kier molecular flexibility index (Phi) is 2.37. The molecule has 5 fully saturated rings. The Hall–Kier alpha value is -1.00. The van der Waals surface area contributed by atoms with Gasteiger partial charge in [0.2, 0.25) is 0 Å². The molecule has 1 heterocycles. The van der Waals surface area contributed by atoms with Crippen LogP contribution in [0.15, 0.2) is 12.2 Å². The van der Waals surface area contributed by atoms with Crippen LogP contribution in [0.2, 0.25) is 0 Å². The molecule has 0 aromatic heterocycles. The van der Waals surface area contributed by atoms with Crippen LogP contribution >= 0.6 is 0 Å². The Morgan fingerprint density at radius 3 is 2.58 bits per heavy atom. The van der Waals surface area contributed by atoms with E-state index in [1.807, 2.05) is 6.92 Å². The summed E-state index contributed by atoms with van der Waals surface area (Å²) in [4.78, 5) is 25.8. The van der Waals surface area contributed by atoms with E-state index in [1.165, 1.54) is 0 Å². The third kappa shape index (κ3) is 1.04. The largest absolute Gasteiger partial charge is 0.385 e. The molecular weight excluding hydrogens is 304 g/mol. The van der Waals surface area contributed by atoms with Gasteiger partial charge in [-0.2, -0.15) is 0 Å². The lowest BCUT2D eigenvalue weighted by atomic mass is 9.55. The Morgan fingerprint density at radius 1 is 1.29 bits per heavy atom. The molecule has 4 nitrogen and oxygen atoms in total. The summed E-state index contributed by atoms with van der Waals surface area (Å²) in [5, 5.41) is 11.1. The summed E-state index contributed by atoms with van der Waals surface area (Å²) in [7, 11) is 0. The van der Waals surface area contributed by atoms with Gasteiger partial charge in [0.15, 0.2) is 17.7 Å². The number of ketones is 2. The summed E-state index contributed by atoms with van der Waals surface area (Å²) in [6.07, 6.45) is 1.17. The van der Waals surface area contributed by atoms with Gasteiger partial charge in [-0.15, -0.1) is 0 Å². The van der Waals surface area contributed by atoms with E-state index in [4.69, 9.17) is 4.74 Å². The Morgan fingerprint density at radius 2 is 1.96 bits per heavy atom. The summed E-state index contributed by atoms with van der Waals surface area (Å²) in [6.45, 7) is 12.5. The summed E-state index contributed by atoms with van der Waals surface area (Å²) in [6, 6.07) is 0. The van der Waals surface area contributed by atoms with Gasteiger partial charge in [0, 0.05) is 16.7 Å². The van der Waals surface area contributed by atoms with E-state index in [0.717, 1.165) is 19.3 Å². The van der Waals surface area contributed by atoms with Crippen LogP contribution in [0.1, 0.15) is 47.0 Å². The molecule has 8 atom stereocenters. The fourth-order valence-corrected chi connectivity index (χ4v) is 8.10. The molecule has 24 heavy (non-hydrogen) atoms. The molecule has 1 saturated heterocycles. The average Bonchev–Trinajstić information content (AvgIpc) is 3.05. The number of carbonyl (C=O) groups excluding carboxylic acids is 2. The molecule has 4 saturated carbocycles. The number of Topliss-reactive ketones (excluding diaryl/α,β-unsaturated/α-hetero) is 2. The van der Waals surface area contributed by atoms with E-state index >= 15 is 0 Å². The first-order valence-corrected chi connectivity index (χ1v) is 9.24. The summed E-state index contributed by atoms with van der Waals surface area (Å²) < 4.78 is 6.00. The van der Waals surface area contributed by atoms with Gasteiger partial charge in [0.05, 0.1) is 0 Å². The highest BCUT2D eigenvalue weighted by Gasteiger charge is 2.94. The first kappa shape index (κ1) is 15.3. The van der Waals surface area contributed by atoms with Crippen LogP contribution in [-0.2, 0) is 14.3 Å². The van der Waals surface area contributed by atoms with E-state index in [0.29, 0.717) is 11.5 Å². The summed E-state index contributed by atoms with van der Waals surface area (Å²) in [5.41, 5.74) is -1.52. The number of aliphatic hydroxyl groups is 1. The maximum absolute atomic E-state index is 13.3. The SMILES string of the molecule is C=C1C(=O)C2OC23C1CC12CCC(C(C)C)C1(C)C(=O)C(O)C32C. The molecule has 8 unspecified atom stereocenters. The van der Waals surface area contributed by atoms with Crippen molar-refractivity contribution in [1.82, 2.24) is 0 Å². The summed E-state index contributed by atoms with van der Waals surface area (Å²) in [5.74, 6) is 0.605. The molecule has 5 aliphatic rings. The molecule has 130 valence electrons. The lowest BCUT2D eigenvalue weighted by molar-refractivity contribution is -0.138. The zero-order valence-corrected chi connectivity index (χ0v) is 14.9. The lowest BCUT2D eigenvalue weighted by Crippen LogP contribution is -2.49. The lowest BCUT2D eigenvalue weighted by Gasteiger charge is -2.46. The minimum Gasteiger partial charge on any atom is -0.385 e. The second kappa shape index (κ2) is 3.73. The van der Waals surface area contributed by atoms with Gasteiger partial charge >= 0.3 is 0 Å². The van der Waals surface area contributed by atoms with Gasteiger partial charge < -0.3 is 9.84 Å². The molecule has 1 aliphatic heterocycles. The maximum atomic E-state index is 13.3. The topological polar surface area (TPSA) is 66.9 Å². The molecule has 0 amide bonds.